The number of ketones is 1. The van der Waals surface area contributed by atoms with Gasteiger partial charge in [-0.15, -0.1) is 0 Å². The molecule has 16 nitrogen and oxygen atoms in total. The van der Waals surface area contributed by atoms with E-state index in [0.29, 0.717) is 46.1 Å². The van der Waals surface area contributed by atoms with Crippen LogP contribution in [0.4, 0.5) is 5.69 Å². The number of nitrogens with zero attached hydrogens (tertiary/aromatic N) is 1. The van der Waals surface area contributed by atoms with Crippen molar-refractivity contribution in [3.8, 4) is 11.5 Å². The van der Waals surface area contributed by atoms with Crippen molar-refractivity contribution in [1.82, 2.24) is 31.5 Å². The maximum atomic E-state index is 14.4. The number of aliphatic hydroxyl groups is 1. The Labute approximate surface area is 387 Å². The van der Waals surface area contributed by atoms with Gasteiger partial charge in [0.2, 0.25) is 23.6 Å². The molecule has 1 saturated carbocycles. The van der Waals surface area contributed by atoms with Gasteiger partial charge in [0.05, 0.1) is 20.8 Å². The first-order chi connectivity index (χ1) is 30.4. The van der Waals surface area contributed by atoms with E-state index in [1.54, 1.807) is 44.2 Å². The molecule has 8 N–H and O–H groups in total. The smallest absolute Gasteiger partial charge is 0.252 e. The van der Waals surface area contributed by atoms with E-state index < -0.39 is 72.3 Å². The number of nitrogens with two attached hydrogens (primary N) is 1. The van der Waals surface area contributed by atoms with Gasteiger partial charge in [-0.2, -0.15) is 0 Å². The molecular formula is C47H72BrN7O9. The lowest BCUT2D eigenvalue weighted by molar-refractivity contribution is -0.135. The Morgan fingerprint density at radius 1 is 0.766 bits per heavy atom. The molecule has 356 valence electrons. The van der Waals surface area contributed by atoms with Crippen LogP contribution in [0, 0.1) is 11.8 Å². The second-order valence-electron chi connectivity index (χ2n) is 17.3. The molecule has 17 heteroatoms. The van der Waals surface area contributed by atoms with Gasteiger partial charge in [-0.1, -0.05) is 58.9 Å². The van der Waals surface area contributed by atoms with Crippen molar-refractivity contribution in [2.75, 3.05) is 39.6 Å². The van der Waals surface area contributed by atoms with Gasteiger partial charge in [0.25, 0.3) is 5.91 Å². The van der Waals surface area contributed by atoms with Gasteiger partial charge in [-0.05, 0) is 117 Å². The van der Waals surface area contributed by atoms with Crippen LogP contribution in [0.2, 0.25) is 0 Å². The molecule has 0 aromatic heterocycles. The molecular weight excluding hydrogens is 886 g/mol. The largest absolute Gasteiger partial charge is 0.493 e. The fourth-order valence-corrected chi connectivity index (χ4v) is 8.16. The normalized spacial score (nSPS) is 15.4. The fraction of sp³-hybridized carbons (Fsp3) is 0.617. The molecule has 1 aliphatic carbocycles. The molecule has 0 bridgehead atoms. The number of methoxy groups -OCH3 is 2. The zero-order valence-corrected chi connectivity index (χ0v) is 40.5. The molecule has 0 saturated heterocycles. The second kappa shape index (κ2) is 26.9. The highest BCUT2D eigenvalue weighted by Gasteiger charge is 2.33. The summed E-state index contributed by atoms with van der Waals surface area (Å²) in [5, 5.41) is 23.9. The Kier molecular flexibility index (Phi) is 22.5. The van der Waals surface area contributed by atoms with E-state index in [4.69, 9.17) is 15.2 Å². The summed E-state index contributed by atoms with van der Waals surface area (Å²) in [5.41, 5.74) is 7.28. The number of rotatable bonds is 26. The van der Waals surface area contributed by atoms with Gasteiger partial charge in [0.15, 0.2) is 17.3 Å². The molecule has 0 radical (unpaired) electrons. The van der Waals surface area contributed by atoms with Crippen LogP contribution in [0.3, 0.4) is 0 Å². The highest BCUT2D eigenvalue weighted by Crippen LogP contribution is 2.29. The van der Waals surface area contributed by atoms with Crippen molar-refractivity contribution in [2.45, 2.75) is 142 Å². The predicted octanol–water partition coefficient (Wildman–Crippen LogP) is 4.44. The molecule has 2 aromatic rings. The van der Waals surface area contributed by atoms with Crippen molar-refractivity contribution in [1.29, 1.82) is 0 Å². The van der Waals surface area contributed by atoms with Crippen molar-refractivity contribution in [2.24, 2.45) is 11.8 Å². The van der Waals surface area contributed by atoms with E-state index in [9.17, 15) is 33.9 Å². The topological polar surface area (TPSA) is 231 Å². The summed E-state index contributed by atoms with van der Waals surface area (Å²) in [4.78, 5) is 84.8. The van der Waals surface area contributed by atoms with Gasteiger partial charge in [0, 0.05) is 34.1 Å². The Balaban J connectivity index is 1.90. The SMILES string of the molecule is CCN(CCCC[C@H](NC(=O)[C@H](Cc1ccc(OC)c(OC)c1)NC(=O)[C@H](C)NC(=O)[C@H](CC1CCCCC1)NC(=O)c1ccc(Br)c(N)c1)C(=O)N[C@@H](CO)C(=O)C(C)C)C(C)C. The van der Waals surface area contributed by atoms with Gasteiger partial charge in [0.1, 0.15) is 30.2 Å². The first kappa shape index (κ1) is 53.6. The van der Waals surface area contributed by atoms with E-state index in [1.165, 1.54) is 27.2 Å². The van der Waals surface area contributed by atoms with Crippen LogP contribution in [-0.2, 0) is 30.4 Å². The zero-order valence-electron chi connectivity index (χ0n) is 38.9. The fourth-order valence-electron chi connectivity index (χ4n) is 7.91. The average molecular weight is 959 g/mol. The number of hydrogen-bond donors (Lipinski definition) is 7. The quantitative estimate of drug-likeness (QED) is 0.0515. The Morgan fingerprint density at radius 2 is 1.39 bits per heavy atom. The summed E-state index contributed by atoms with van der Waals surface area (Å²) in [7, 11) is 2.97. The van der Waals surface area contributed by atoms with Gasteiger partial charge in [-0.25, -0.2) is 0 Å². The highest BCUT2D eigenvalue weighted by atomic mass is 79.9. The number of unbranched alkanes of at least 4 members (excludes halogenated alkanes) is 1. The number of hydrogen-bond acceptors (Lipinski definition) is 11. The van der Waals surface area contributed by atoms with Crippen LogP contribution in [0.25, 0.3) is 0 Å². The highest BCUT2D eigenvalue weighted by molar-refractivity contribution is 9.10. The molecule has 0 unspecified atom stereocenters. The molecule has 0 aliphatic heterocycles. The van der Waals surface area contributed by atoms with E-state index in [0.717, 1.165) is 51.6 Å². The van der Waals surface area contributed by atoms with Crippen molar-refractivity contribution < 1.29 is 43.3 Å². The third kappa shape index (κ3) is 16.7. The molecule has 1 aliphatic rings. The molecule has 5 atom stereocenters. The Morgan fingerprint density at radius 3 is 1.98 bits per heavy atom. The van der Waals surface area contributed by atoms with Gasteiger partial charge >= 0.3 is 0 Å². The number of halogens is 1. The summed E-state index contributed by atoms with van der Waals surface area (Å²) in [6.07, 6.45) is 6.79. The summed E-state index contributed by atoms with van der Waals surface area (Å²) >= 11 is 3.34. The number of aliphatic hydroxyl groups excluding tert-OH is 1. The number of carbonyl (C=O) groups is 6. The third-order valence-electron chi connectivity index (χ3n) is 11.8. The minimum Gasteiger partial charge on any atom is -0.493 e. The second-order valence-corrected chi connectivity index (χ2v) is 18.1. The number of nitrogen functional groups attached to an aromatic ring is 1. The minimum absolute atomic E-state index is 0.0471. The lowest BCUT2D eigenvalue weighted by Crippen LogP contribution is -2.59. The zero-order chi connectivity index (χ0) is 47.5. The summed E-state index contributed by atoms with van der Waals surface area (Å²) in [5.74, 6) is -2.84. The van der Waals surface area contributed by atoms with Crippen LogP contribution in [0.15, 0.2) is 40.9 Å². The number of nitrogens with one attached hydrogen (secondary N) is 5. The lowest BCUT2D eigenvalue weighted by Gasteiger charge is -2.28. The van der Waals surface area contributed by atoms with Crippen molar-refractivity contribution in [3.05, 3.63) is 52.0 Å². The number of Topliss-reactive ketones (excluding diaryl/α,β-unsaturated/α-hetero) is 1. The van der Waals surface area contributed by atoms with Gasteiger partial charge in [-0.3, -0.25) is 28.8 Å². The van der Waals surface area contributed by atoms with Crippen LogP contribution in [-0.4, -0.2) is 115 Å². The van der Waals surface area contributed by atoms with Crippen LogP contribution < -0.4 is 41.8 Å². The van der Waals surface area contributed by atoms with Crippen molar-refractivity contribution >= 4 is 56.9 Å². The van der Waals surface area contributed by atoms with E-state index in [2.05, 4.69) is 68.2 Å². The average Bonchev–Trinajstić information content (AvgIpc) is 3.27. The van der Waals surface area contributed by atoms with E-state index in [1.807, 2.05) is 0 Å². The summed E-state index contributed by atoms with van der Waals surface area (Å²) in [6.45, 7) is 12.1. The van der Waals surface area contributed by atoms with Crippen LogP contribution in [0.1, 0.15) is 115 Å². The molecule has 5 amide bonds. The Bertz CT molecular complexity index is 1870. The minimum atomic E-state index is -1.26. The standard InChI is InChI=1S/C47H72BrN7O9/c1-9-55(29(4)5)22-14-13-17-36(45(60)54-39(27-56)42(57)28(2)3)51-47(62)38(24-32-18-21-40(63-7)41(25-32)64-8)52-43(58)30(6)50-46(61)37(23-31-15-11-10-12-16-31)53-44(59)33-19-20-34(48)35(49)26-33/h18-21,25-26,28-31,36-39,56H,9-17,22-24,27,49H2,1-8H3,(H,50,61)(H,51,62)(H,52,58)(H,53,59)(H,54,60)/t30-,36-,37-,38-,39-/m0/s1. The van der Waals surface area contributed by atoms with Gasteiger partial charge < -0.3 is 51.8 Å². The maximum absolute atomic E-state index is 14.4. The molecule has 64 heavy (non-hydrogen) atoms. The van der Waals surface area contributed by atoms with Crippen LogP contribution in [0.5, 0.6) is 11.5 Å². The maximum Gasteiger partial charge on any atom is 0.252 e. The van der Waals surface area contributed by atoms with Crippen molar-refractivity contribution in [3.63, 3.8) is 0 Å². The number of anilines is 1. The first-order valence-electron chi connectivity index (χ1n) is 22.6. The summed E-state index contributed by atoms with van der Waals surface area (Å²) < 4.78 is 11.5. The lowest BCUT2D eigenvalue weighted by atomic mass is 9.84. The number of amides is 5. The molecule has 3 rings (SSSR count). The van der Waals surface area contributed by atoms with Crippen LogP contribution >= 0.6 is 15.9 Å². The summed E-state index contributed by atoms with van der Waals surface area (Å²) in [6, 6.07) is 4.49. The van der Waals surface area contributed by atoms with E-state index >= 15 is 0 Å². The Hall–Kier alpha value is -4.74. The predicted molar refractivity (Wildman–Crippen MR) is 251 cm³/mol. The molecule has 2 aromatic carbocycles. The molecule has 0 heterocycles. The van der Waals surface area contributed by atoms with E-state index in [-0.39, 0.29) is 30.1 Å². The number of carbonyl (C=O) groups excluding carboxylic acids is 6. The third-order valence-corrected chi connectivity index (χ3v) is 12.5. The monoisotopic (exact) mass is 957 g/mol. The molecule has 1 fully saturated rings. The molecule has 0 spiro atoms. The number of benzene rings is 2. The first-order valence-corrected chi connectivity index (χ1v) is 23.4. The number of ether oxygens (including phenoxy) is 2.